The van der Waals surface area contributed by atoms with Crippen molar-refractivity contribution in [1.82, 2.24) is 5.32 Å². The average molecular weight is 429 g/mol. The van der Waals surface area contributed by atoms with Gasteiger partial charge in [0.1, 0.15) is 18.5 Å². The van der Waals surface area contributed by atoms with Crippen LogP contribution in [0, 0.1) is 5.41 Å². The smallest absolute Gasteiger partial charge is 0.407 e. The van der Waals surface area contributed by atoms with Gasteiger partial charge in [-0.05, 0) is 27.8 Å². The van der Waals surface area contributed by atoms with Gasteiger partial charge in [0, 0.05) is 17.9 Å². The van der Waals surface area contributed by atoms with Crippen LogP contribution in [0.15, 0.2) is 72.8 Å². The lowest BCUT2D eigenvalue weighted by atomic mass is 9.98. The van der Waals surface area contributed by atoms with E-state index >= 15 is 0 Å². The third kappa shape index (κ3) is 4.32. The number of hydrogen-bond acceptors (Lipinski definition) is 4. The molecule has 0 aliphatic heterocycles. The van der Waals surface area contributed by atoms with Crippen molar-refractivity contribution in [3.05, 3.63) is 95.1 Å². The Labute approximate surface area is 185 Å². The molecule has 7 heteroatoms. The van der Waals surface area contributed by atoms with E-state index in [-0.39, 0.29) is 24.8 Å². The predicted molar refractivity (Wildman–Crippen MR) is 121 cm³/mol. The number of hydrogen-bond donors (Lipinski definition) is 4. The first-order valence-corrected chi connectivity index (χ1v) is 10.2. The lowest BCUT2D eigenvalue weighted by Crippen LogP contribution is -2.42. The lowest BCUT2D eigenvalue weighted by molar-refractivity contribution is -0.139. The fourth-order valence-corrected chi connectivity index (χ4v) is 4.04. The van der Waals surface area contributed by atoms with Crippen LogP contribution in [-0.2, 0) is 16.0 Å². The molecule has 162 valence electrons. The molecule has 7 nitrogen and oxygen atoms in total. The minimum Gasteiger partial charge on any atom is -0.480 e. The number of fused-ring (bicyclic) bond motifs is 3. The summed E-state index contributed by atoms with van der Waals surface area (Å²) in [4.78, 5) is 24.1. The number of carbonyl (C=O) groups excluding carboxylic acids is 1. The van der Waals surface area contributed by atoms with Crippen LogP contribution in [0.4, 0.5) is 4.79 Å². The Morgan fingerprint density at radius 1 is 0.969 bits per heavy atom. The minimum atomic E-state index is -1.16. The van der Waals surface area contributed by atoms with Crippen LogP contribution in [0.1, 0.15) is 28.2 Å². The highest BCUT2D eigenvalue weighted by atomic mass is 16.5. The largest absolute Gasteiger partial charge is 0.480 e. The highest BCUT2D eigenvalue weighted by molar-refractivity contribution is 5.94. The number of ether oxygens (including phenoxy) is 1. The quantitative estimate of drug-likeness (QED) is 0.338. The van der Waals surface area contributed by atoms with E-state index in [1.54, 1.807) is 24.3 Å². The number of rotatable bonds is 7. The van der Waals surface area contributed by atoms with E-state index < -0.39 is 18.1 Å². The molecule has 5 N–H and O–H groups in total. The summed E-state index contributed by atoms with van der Waals surface area (Å²) < 4.78 is 5.45. The van der Waals surface area contributed by atoms with Crippen molar-refractivity contribution < 1.29 is 19.4 Å². The van der Waals surface area contributed by atoms with Crippen molar-refractivity contribution in [2.75, 3.05) is 6.61 Å². The maximum absolute atomic E-state index is 12.4. The lowest BCUT2D eigenvalue weighted by Gasteiger charge is -2.17. The second-order valence-corrected chi connectivity index (χ2v) is 7.68. The number of alkyl carbamates (subject to hydrolysis) is 1. The van der Waals surface area contributed by atoms with Crippen LogP contribution >= 0.6 is 0 Å². The van der Waals surface area contributed by atoms with E-state index in [0.717, 1.165) is 22.3 Å². The first-order valence-electron chi connectivity index (χ1n) is 10.2. The molecule has 32 heavy (non-hydrogen) atoms. The molecule has 0 aromatic heterocycles. The van der Waals surface area contributed by atoms with Gasteiger partial charge in [-0.25, -0.2) is 9.59 Å². The molecule has 1 aliphatic carbocycles. The maximum atomic E-state index is 12.4. The summed E-state index contributed by atoms with van der Waals surface area (Å²) in [5.41, 5.74) is 11.1. The van der Waals surface area contributed by atoms with E-state index in [9.17, 15) is 14.7 Å². The van der Waals surface area contributed by atoms with E-state index in [2.05, 4.69) is 5.32 Å². The summed E-state index contributed by atoms with van der Waals surface area (Å²) in [5.74, 6) is -1.33. The van der Waals surface area contributed by atoms with Crippen molar-refractivity contribution in [2.45, 2.75) is 18.4 Å². The number of aliphatic carboxylic acids is 1. The molecule has 3 aromatic rings. The molecule has 0 radical (unpaired) electrons. The molecule has 1 amide bonds. The Morgan fingerprint density at radius 2 is 1.53 bits per heavy atom. The Kier molecular flexibility index (Phi) is 5.89. The van der Waals surface area contributed by atoms with Crippen molar-refractivity contribution in [1.29, 1.82) is 5.41 Å². The molecular weight excluding hydrogens is 406 g/mol. The maximum Gasteiger partial charge on any atom is 0.407 e. The third-order valence-corrected chi connectivity index (χ3v) is 5.64. The summed E-state index contributed by atoms with van der Waals surface area (Å²) >= 11 is 0. The van der Waals surface area contributed by atoms with E-state index in [0.29, 0.717) is 11.1 Å². The van der Waals surface area contributed by atoms with E-state index in [1.165, 1.54) is 0 Å². The zero-order chi connectivity index (χ0) is 22.7. The van der Waals surface area contributed by atoms with Gasteiger partial charge in [-0.3, -0.25) is 5.41 Å². The predicted octanol–water partition coefficient (Wildman–Crippen LogP) is 3.51. The van der Waals surface area contributed by atoms with E-state index in [4.69, 9.17) is 15.9 Å². The topological polar surface area (TPSA) is 126 Å². The molecule has 0 saturated heterocycles. The number of amides is 1. The van der Waals surface area contributed by atoms with Crippen LogP contribution in [0.5, 0.6) is 0 Å². The fourth-order valence-electron chi connectivity index (χ4n) is 4.04. The Balaban J connectivity index is 1.41. The average Bonchev–Trinajstić information content (AvgIpc) is 3.11. The van der Waals surface area contributed by atoms with Crippen LogP contribution in [0.25, 0.3) is 11.1 Å². The summed E-state index contributed by atoms with van der Waals surface area (Å²) in [7, 11) is 0. The summed E-state index contributed by atoms with van der Waals surface area (Å²) in [6, 6.07) is 21.5. The van der Waals surface area contributed by atoms with Crippen molar-refractivity contribution in [2.24, 2.45) is 5.73 Å². The first-order chi connectivity index (χ1) is 15.4. The van der Waals surface area contributed by atoms with Crippen LogP contribution < -0.4 is 11.1 Å². The molecule has 0 unspecified atom stereocenters. The van der Waals surface area contributed by atoms with Gasteiger partial charge in [0.05, 0.1) is 0 Å². The number of benzene rings is 3. The standard InChI is InChI=1S/C25H23N3O4/c26-23(27)16-11-9-15(10-12-16)13-22(24(29)30)28-25(31)32-14-21-19-7-3-1-5-17(19)18-6-2-4-8-20(18)21/h1-12,21-22H,13-14H2,(H3,26,27)(H,28,31)(H,29,30)/t22-/m0/s1. The van der Waals surface area contributed by atoms with Crippen LogP contribution in [-0.4, -0.2) is 35.7 Å². The molecule has 0 saturated carbocycles. The molecule has 1 aliphatic rings. The molecular formula is C25H23N3O4. The number of nitrogen functional groups attached to an aromatic ring is 1. The minimum absolute atomic E-state index is 0.0666. The van der Waals surface area contributed by atoms with Gasteiger partial charge in [0.2, 0.25) is 0 Å². The zero-order valence-corrected chi connectivity index (χ0v) is 17.2. The van der Waals surface area contributed by atoms with Crippen LogP contribution in [0.3, 0.4) is 0 Å². The number of carboxylic acid groups (broad SMARTS) is 1. The van der Waals surface area contributed by atoms with Gasteiger partial charge in [0.25, 0.3) is 0 Å². The van der Waals surface area contributed by atoms with Gasteiger partial charge in [-0.1, -0.05) is 72.8 Å². The van der Waals surface area contributed by atoms with Crippen molar-refractivity contribution in [3.8, 4) is 11.1 Å². The van der Waals surface area contributed by atoms with Gasteiger partial charge < -0.3 is 20.9 Å². The van der Waals surface area contributed by atoms with Crippen LogP contribution in [0.2, 0.25) is 0 Å². The summed E-state index contributed by atoms with van der Waals surface area (Å²) in [5, 5.41) is 19.4. The SMILES string of the molecule is N=C(N)c1ccc(C[C@H](NC(=O)OCC2c3ccccc3-c3ccccc32)C(=O)O)cc1. The number of nitrogens with one attached hydrogen (secondary N) is 2. The third-order valence-electron chi connectivity index (χ3n) is 5.64. The van der Waals surface area contributed by atoms with Gasteiger partial charge in [-0.15, -0.1) is 0 Å². The summed E-state index contributed by atoms with van der Waals surface area (Å²) in [6.45, 7) is 0.111. The van der Waals surface area contributed by atoms with Gasteiger partial charge >= 0.3 is 12.1 Å². The van der Waals surface area contributed by atoms with Gasteiger partial charge in [0.15, 0.2) is 0 Å². The Hall–Kier alpha value is -4.13. The van der Waals surface area contributed by atoms with E-state index in [1.807, 2.05) is 48.5 Å². The second-order valence-electron chi connectivity index (χ2n) is 7.68. The zero-order valence-electron chi connectivity index (χ0n) is 17.2. The number of carbonyl (C=O) groups is 2. The van der Waals surface area contributed by atoms with Crippen molar-refractivity contribution >= 4 is 17.9 Å². The second kappa shape index (κ2) is 8.93. The highest BCUT2D eigenvalue weighted by Crippen LogP contribution is 2.44. The first kappa shape index (κ1) is 21.1. The number of nitrogens with two attached hydrogens (primary N) is 1. The summed E-state index contributed by atoms with van der Waals surface area (Å²) in [6.07, 6.45) is -0.697. The number of amidine groups is 1. The molecule has 0 fully saturated rings. The molecule has 0 bridgehead atoms. The van der Waals surface area contributed by atoms with Crippen molar-refractivity contribution in [3.63, 3.8) is 0 Å². The molecule has 4 rings (SSSR count). The molecule has 3 aromatic carbocycles. The fraction of sp³-hybridized carbons (Fsp3) is 0.160. The molecule has 0 heterocycles. The van der Waals surface area contributed by atoms with Gasteiger partial charge in [-0.2, -0.15) is 0 Å². The number of carboxylic acids is 1. The monoisotopic (exact) mass is 429 g/mol. The molecule has 1 atom stereocenters. The Bertz CT molecular complexity index is 1130. The normalized spacial score (nSPS) is 13.0. The Morgan fingerprint density at radius 3 is 2.06 bits per heavy atom. The molecule has 0 spiro atoms. The highest BCUT2D eigenvalue weighted by Gasteiger charge is 2.29.